The van der Waals surface area contributed by atoms with Crippen molar-refractivity contribution in [1.29, 1.82) is 0 Å². The summed E-state index contributed by atoms with van der Waals surface area (Å²) in [4.78, 5) is 14.0. The predicted molar refractivity (Wildman–Crippen MR) is 99.8 cm³/mol. The van der Waals surface area contributed by atoms with Gasteiger partial charge in [0.15, 0.2) is 0 Å². The standard InChI is InChI=1S/C21H23NO2/c1-21(2,3)24-20(23)22(19-15-8-5-9-16-19)17-11-10-14-18-12-6-4-7-13-18/h4-17H,1-3H3/b14-10+,17-11-. The molecule has 0 aromatic heterocycles. The third kappa shape index (κ3) is 5.76. The molecule has 1 amide bonds. The normalized spacial score (nSPS) is 11.8. The summed E-state index contributed by atoms with van der Waals surface area (Å²) >= 11 is 0. The first kappa shape index (κ1) is 17.5. The molecule has 2 aromatic carbocycles. The van der Waals surface area contributed by atoms with Crippen LogP contribution in [0.4, 0.5) is 10.5 Å². The van der Waals surface area contributed by atoms with E-state index < -0.39 is 11.7 Å². The predicted octanol–water partition coefficient (Wildman–Crippen LogP) is 5.66. The first-order chi connectivity index (χ1) is 11.5. The van der Waals surface area contributed by atoms with Crippen LogP contribution in [-0.2, 0) is 4.74 Å². The summed E-state index contributed by atoms with van der Waals surface area (Å²) in [7, 11) is 0. The second kappa shape index (κ2) is 8.16. The van der Waals surface area contributed by atoms with Crippen molar-refractivity contribution in [3.05, 3.63) is 84.6 Å². The maximum Gasteiger partial charge on any atom is 0.418 e. The highest BCUT2D eigenvalue weighted by molar-refractivity contribution is 5.89. The fourth-order valence-electron chi connectivity index (χ4n) is 2.02. The summed E-state index contributed by atoms with van der Waals surface area (Å²) in [5, 5.41) is 0. The lowest BCUT2D eigenvalue weighted by Crippen LogP contribution is -2.33. The molecular formula is C21H23NO2. The Hall–Kier alpha value is -2.81. The number of rotatable bonds is 4. The highest BCUT2D eigenvalue weighted by atomic mass is 16.6. The first-order valence-corrected chi connectivity index (χ1v) is 7.93. The molecule has 0 aliphatic rings. The molecule has 0 spiro atoms. The van der Waals surface area contributed by atoms with Crippen LogP contribution in [0.15, 0.2) is 79.0 Å². The maximum atomic E-state index is 12.5. The molecule has 3 nitrogen and oxygen atoms in total. The fourth-order valence-corrected chi connectivity index (χ4v) is 2.02. The van der Waals surface area contributed by atoms with Gasteiger partial charge in [-0.15, -0.1) is 0 Å². The molecular weight excluding hydrogens is 298 g/mol. The lowest BCUT2D eigenvalue weighted by atomic mass is 10.2. The van der Waals surface area contributed by atoms with Gasteiger partial charge in [0.25, 0.3) is 0 Å². The van der Waals surface area contributed by atoms with Gasteiger partial charge in [0.1, 0.15) is 5.60 Å². The molecule has 124 valence electrons. The molecule has 0 saturated heterocycles. The minimum Gasteiger partial charge on any atom is -0.443 e. The van der Waals surface area contributed by atoms with Crippen LogP contribution in [0.5, 0.6) is 0 Å². The van der Waals surface area contributed by atoms with Gasteiger partial charge >= 0.3 is 6.09 Å². The van der Waals surface area contributed by atoms with E-state index in [9.17, 15) is 4.79 Å². The smallest absolute Gasteiger partial charge is 0.418 e. The molecule has 24 heavy (non-hydrogen) atoms. The van der Waals surface area contributed by atoms with Gasteiger partial charge in [-0.25, -0.2) is 4.79 Å². The van der Waals surface area contributed by atoms with Crippen LogP contribution in [0, 0.1) is 0 Å². The number of carbonyl (C=O) groups excluding carboxylic acids is 1. The number of hydrogen-bond acceptors (Lipinski definition) is 2. The Morgan fingerprint density at radius 3 is 2.08 bits per heavy atom. The number of nitrogens with zero attached hydrogens (tertiary/aromatic N) is 1. The van der Waals surface area contributed by atoms with Crippen molar-refractivity contribution in [1.82, 2.24) is 0 Å². The van der Waals surface area contributed by atoms with Crippen LogP contribution in [0.1, 0.15) is 26.3 Å². The minimum absolute atomic E-state index is 0.405. The number of allylic oxidation sites excluding steroid dienone is 2. The zero-order chi connectivity index (χ0) is 17.4. The van der Waals surface area contributed by atoms with Crippen molar-refractivity contribution in [3.63, 3.8) is 0 Å². The van der Waals surface area contributed by atoms with Crippen molar-refractivity contribution in [2.45, 2.75) is 26.4 Å². The highest BCUT2D eigenvalue weighted by Gasteiger charge is 2.21. The van der Waals surface area contributed by atoms with E-state index in [4.69, 9.17) is 4.74 Å². The van der Waals surface area contributed by atoms with Gasteiger partial charge in [-0.05, 0) is 44.5 Å². The molecule has 2 rings (SSSR count). The minimum atomic E-state index is -0.544. The highest BCUT2D eigenvalue weighted by Crippen LogP contribution is 2.18. The van der Waals surface area contributed by atoms with E-state index in [2.05, 4.69) is 0 Å². The Kier molecular flexibility index (Phi) is 5.96. The largest absolute Gasteiger partial charge is 0.443 e. The fraction of sp³-hybridized carbons (Fsp3) is 0.190. The van der Waals surface area contributed by atoms with Crippen LogP contribution in [0.25, 0.3) is 6.08 Å². The van der Waals surface area contributed by atoms with E-state index in [1.807, 2.05) is 99.7 Å². The summed E-state index contributed by atoms with van der Waals surface area (Å²) < 4.78 is 5.48. The molecule has 0 fully saturated rings. The number of carbonyl (C=O) groups is 1. The molecule has 0 saturated carbocycles. The zero-order valence-corrected chi connectivity index (χ0v) is 14.3. The quantitative estimate of drug-likeness (QED) is 0.680. The Balaban J connectivity index is 2.15. The molecule has 0 unspecified atom stereocenters. The zero-order valence-electron chi connectivity index (χ0n) is 14.3. The Bertz CT molecular complexity index is 698. The number of amides is 1. The molecule has 3 heteroatoms. The van der Waals surface area contributed by atoms with E-state index in [0.29, 0.717) is 0 Å². The molecule has 0 aliphatic heterocycles. The van der Waals surface area contributed by atoms with E-state index in [1.54, 1.807) is 6.20 Å². The third-order valence-electron chi connectivity index (χ3n) is 3.06. The van der Waals surface area contributed by atoms with Gasteiger partial charge < -0.3 is 4.74 Å². The van der Waals surface area contributed by atoms with Gasteiger partial charge in [0.2, 0.25) is 0 Å². The van der Waals surface area contributed by atoms with Crippen molar-refractivity contribution < 1.29 is 9.53 Å². The molecule has 0 N–H and O–H groups in total. The summed E-state index contributed by atoms with van der Waals surface area (Å²) in [6, 6.07) is 19.4. The molecule has 0 aliphatic carbocycles. The van der Waals surface area contributed by atoms with Crippen molar-refractivity contribution in [2.75, 3.05) is 4.90 Å². The second-order valence-corrected chi connectivity index (χ2v) is 6.30. The average Bonchev–Trinajstić information content (AvgIpc) is 2.55. The number of hydrogen-bond donors (Lipinski definition) is 0. The third-order valence-corrected chi connectivity index (χ3v) is 3.06. The molecule has 0 bridgehead atoms. The summed E-state index contributed by atoms with van der Waals surface area (Å²) in [5.74, 6) is 0. The van der Waals surface area contributed by atoms with Crippen LogP contribution >= 0.6 is 0 Å². The molecule has 2 aromatic rings. The number of anilines is 1. The lowest BCUT2D eigenvalue weighted by Gasteiger charge is -2.25. The number of ether oxygens (including phenoxy) is 1. The average molecular weight is 321 g/mol. The van der Waals surface area contributed by atoms with Crippen molar-refractivity contribution in [3.8, 4) is 0 Å². The maximum absolute atomic E-state index is 12.5. The van der Waals surface area contributed by atoms with Gasteiger partial charge in [0.05, 0.1) is 5.69 Å². The number of benzene rings is 2. The van der Waals surface area contributed by atoms with E-state index in [-0.39, 0.29) is 0 Å². The van der Waals surface area contributed by atoms with Gasteiger partial charge in [-0.1, -0.05) is 60.7 Å². The van der Waals surface area contributed by atoms with E-state index in [0.717, 1.165) is 11.3 Å². The SMILES string of the molecule is CC(C)(C)OC(=O)N(/C=C\C=C\c1ccccc1)c1ccccc1. The van der Waals surface area contributed by atoms with E-state index in [1.165, 1.54) is 4.90 Å². The lowest BCUT2D eigenvalue weighted by molar-refractivity contribution is 0.0596. The topological polar surface area (TPSA) is 29.5 Å². The van der Waals surface area contributed by atoms with Crippen LogP contribution in [0.3, 0.4) is 0 Å². The number of para-hydroxylation sites is 1. The van der Waals surface area contributed by atoms with Gasteiger partial charge in [0, 0.05) is 6.20 Å². The van der Waals surface area contributed by atoms with Gasteiger partial charge in [-0.2, -0.15) is 0 Å². The summed E-state index contributed by atoms with van der Waals surface area (Å²) in [6.07, 6.45) is 7.01. The molecule has 0 radical (unpaired) electrons. The van der Waals surface area contributed by atoms with E-state index >= 15 is 0 Å². The first-order valence-electron chi connectivity index (χ1n) is 7.93. The van der Waals surface area contributed by atoms with Crippen molar-refractivity contribution >= 4 is 17.9 Å². The monoisotopic (exact) mass is 321 g/mol. The van der Waals surface area contributed by atoms with Crippen LogP contribution in [-0.4, -0.2) is 11.7 Å². The van der Waals surface area contributed by atoms with Crippen LogP contribution in [0.2, 0.25) is 0 Å². The molecule has 0 atom stereocenters. The Morgan fingerprint density at radius 2 is 1.50 bits per heavy atom. The summed E-state index contributed by atoms with van der Waals surface area (Å²) in [5.41, 5.74) is 1.32. The van der Waals surface area contributed by atoms with Gasteiger partial charge in [-0.3, -0.25) is 4.90 Å². The van der Waals surface area contributed by atoms with Crippen molar-refractivity contribution in [2.24, 2.45) is 0 Å². The second-order valence-electron chi connectivity index (χ2n) is 6.30. The summed E-state index contributed by atoms with van der Waals surface area (Å²) in [6.45, 7) is 5.56. The Labute approximate surface area is 143 Å². The van der Waals surface area contributed by atoms with Crippen LogP contribution < -0.4 is 4.90 Å². The molecule has 0 heterocycles. The Morgan fingerprint density at radius 1 is 0.917 bits per heavy atom.